The summed E-state index contributed by atoms with van der Waals surface area (Å²) < 4.78 is 6.05. The van der Waals surface area contributed by atoms with Gasteiger partial charge in [-0.1, -0.05) is 6.07 Å². The summed E-state index contributed by atoms with van der Waals surface area (Å²) >= 11 is 0. The zero-order chi connectivity index (χ0) is 20.5. The van der Waals surface area contributed by atoms with Crippen LogP contribution in [0.3, 0.4) is 0 Å². The number of rotatable bonds is 4. The van der Waals surface area contributed by atoms with Crippen molar-refractivity contribution in [1.82, 2.24) is 10.6 Å². The van der Waals surface area contributed by atoms with E-state index < -0.39 is 5.97 Å². The van der Waals surface area contributed by atoms with Gasteiger partial charge >= 0.3 is 5.97 Å². The smallest absolute Gasteiger partial charge is 0.335 e. The molecule has 0 bridgehead atoms. The zero-order valence-electron chi connectivity index (χ0n) is 15.6. The summed E-state index contributed by atoms with van der Waals surface area (Å²) in [7, 11) is 0. The van der Waals surface area contributed by atoms with Gasteiger partial charge in [0.05, 0.1) is 12.2 Å². The molecular weight excluding hydrogens is 372 g/mol. The number of carbonyl (C=O) groups excluding carboxylic acids is 2. The van der Waals surface area contributed by atoms with Crippen molar-refractivity contribution in [1.29, 1.82) is 0 Å². The fourth-order valence-electron chi connectivity index (χ4n) is 3.38. The lowest BCUT2D eigenvalue weighted by Crippen LogP contribution is -2.15. The molecule has 2 aromatic rings. The second kappa shape index (κ2) is 7.37. The summed E-state index contributed by atoms with van der Waals surface area (Å²) in [4.78, 5) is 35.7. The first-order valence-electron chi connectivity index (χ1n) is 9.05. The van der Waals surface area contributed by atoms with Crippen LogP contribution in [0.2, 0.25) is 0 Å². The van der Waals surface area contributed by atoms with Gasteiger partial charge in [0.15, 0.2) is 11.6 Å². The van der Waals surface area contributed by atoms with Crippen molar-refractivity contribution in [3.63, 3.8) is 0 Å². The summed E-state index contributed by atoms with van der Waals surface area (Å²) in [5, 5.41) is 15.6. The molecule has 0 radical (unpaired) electrons. The minimum Gasteiger partial charge on any atom is -0.478 e. The molecule has 0 unspecified atom stereocenters. The molecule has 3 N–H and O–H groups in total. The lowest BCUT2D eigenvalue weighted by Gasteiger charge is -2.13. The number of ketones is 2. The lowest BCUT2D eigenvalue weighted by molar-refractivity contribution is -0.114. The van der Waals surface area contributed by atoms with Crippen molar-refractivity contribution in [2.45, 2.75) is 6.92 Å². The summed E-state index contributed by atoms with van der Waals surface area (Å²) in [6.07, 6.45) is 3.80. The molecule has 0 spiro atoms. The Bertz CT molecular complexity index is 1130. The average molecular weight is 390 g/mol. The van der Waals surface area contributed by atoms with E-state index in [-0.39, 0.29) is 22.7 Å². The second-order valence-electron chi connectivity index (χ2n) is 6.79. The Labute approximate surface area is 166 Å². The minimum atomic E-state index is -1.02. The lowest BCUT2D eigenvalue weighted by atomic mass is 9.93. The maximum Gasteiger partial charge on any atom is 0.335 e. The molecular formula is C22H18N2O5. The largest absolute Gasteiger partial charge is 0.478 e. The van der Waals surface area contributed by atoms with E-state index in [1.165, 1.54) is 24.3 Å². The van der Waals surface area contributed by atoms with Crippen LogP contribution in [-0.2, 0) is 9.59 Å². The van der Waals surface area contributed by atoms with Gasteiger partial charge < -0.3 is 14.8 Å². The Morgan fingerprint density at radius 2 is 1.97 bits per heavy atom. The van der Waals surface area contributed by atoms with Crippen LogP contribution in [0.15, 0.2) is 64.2 Å². The highest BCUT2D eigenvalue weighted by molar-refractivity contribution is 6.24. The van der Waals surface area contributed by atoms with Crippen molar-refractivity contribution in [3.05, 3.63) is 76.7 Å². The highest BCUT2D eigenvalue weighted by atomic mass is 16.4. The summed E-state index contributed by atoms with van der Waals surface area (Å²) in [6, 6.07) is 8.27. The highest BCUT2D eigenvalue weighted by Crippen LogP contribution is 2.34. The van der Waals surface area contributed by atoms with E-state index in [4.69, 9.17) is 4.42 Å². The van der Waals surface area contributed by atoms with Crippen molar-refractivity contribution in [2.24, 2.45) is 0 Å². The Balaban J connectivity index is 1.82. The molecule has 0 amide bonds. The number of carboxylic acid groups (broad SMARTS) is 1. The number of aromatic carboxylic acids is 1. The SMILES string of the molecule is Cc1ccc(C(=O)O)cc1-c1ccc(C(C2=CC(=O)C=CC2=O)=C2CNCN2)o1. The number of hydrogen-bond donors (Lipinski definition) is 3. The first kappa shape index (κ1) is 18.6. The fraction of sp³-hybridized carbons (Fsp3) is 0.136. The van der Waals surface area contributed by atoms with E-state index in [1.54, 1.807) is 24.3 Å². The number of hydrogen-bond acceptors (Lipinski definition) is 6. The maximum absolute atomic E-state index is 12.5. The third-order valence-corrected chi connectivity index (χ3v) is 4.85. The average Bonchev–Trinajstić information content (AvgIpc) is 3.38. The molecule has 1 saturated heterocycles. The van der Waals surface area contributed by atoms with Crippen LogP contribution in [0.25, 0.3) is 16.9 Å². The Morgan fingerprint density at radius 3 is 2.69 bits per heavy atom. The first-order valence-corrected chi connectivity index (χ1v) is 9.05. The van der Waals surface area contributed by atoms with Crippen molar-refractivity contribution < 1.29 is 23.9 Å². The molecule has 7 nitrogen and oxygen atoms in total. The van der Waals surface area contributed by atoms with Gasteiger partial charge in [-0.05, 0) is 55.0 Å². The van der Waals surface area contributed by atoms with E-state index in [1.807, 2.05) is 6.92 Å². The molecule has 1 aliphatic carbocycles. The number of aryl methyl sites for hydroxylation is 1. The topological polar surface area (TPSA) is 109 Å². The molecule has 1 fully saturated rings. The number of furan rings is 1. The van der Waals surface area contributed by atoms with Crippen LogP contribution in [0.5, 0.6) is 0 Å². The van der Waals surface area contributed by atoms with Crippen LogP contribution >= 0.6 is 0 Å². The molecule has 4 rings (SSSR count). The molecule has 0 atom stereocenters. The highest BCUT2D eigenvalue weighted by Gasteiger charge is 2.26. The van der Waals surface area contributed by atoms with Crippen molar-refractivity contribution >= 4 is 23.1 Å². The predicted molar refractivity (Wildman–Crippen MR) is 106 cm³/mol. The number of carboxylic acids is 1. The number of allylic oxidation sites excluding steroid dienone is 5. The van der Waals surface area contributed by atoms with Gasteiger partial charge in [-0.15, -0.1) is 0 Å². The number of benzene rings is 1. The summed E-state index contributed by atoms with van der Waals surface area (Å²) in [5.41, 5.74) is 3.21. The van der Waals surface area contributed by atoms with Gasteiger partial charge in [0.25, 0.3) is 0 Å². The predicted octanol–water partition coefficient (Wildman–Crippen LogP) is 2.45. The Hall–Kier alpha value is -3.71. The molecule has 1 aromatic carbocycles. The molecule has 1 aromatic heterocycles. The fourth-order valence-corrected chi connectivity index (χ4v) is 3.38. The Morgan fingerprint density at radius 1 is 1.14 bits per heavy atom. The van der Waals surface area contributed by atoms with Crippen LogP contribution < -0.4 is 10.6 Å². The Kier molecular flexibility index (Phi) is 4.74. The molecule has 0 saturated carbocycles. The quantitative estimate of drug-likeness (QED) is 0.688. The monoisotopic (exact) mass is 390 g/mol. The van der Waals surface area contributed by atoms with Gasteiger partial charge in [-0.3, -0.25) is 14.9 Å². The van der Waals surface area contributed by atoms with Gasteiger partial charge in [0, 0.05) is 29.0 Å². The van der Waals surface area contributed by atoms with Crippen molar-refractivity contribution in [3.8, 4) is 11.3 Å². The van der Waals surface area contributed by atoms with Gasteiger partial charge in [-0.25, -0.2) is 4.79 Å². The molecule has 29 heavy (non-hydrogen) atoms. The van der Waals surface area contributed by atoms with Gasteiger partial charge in [0.1, 0.15) is 11.5 Å². The molecule has 7 heteroatoms. The van der Waals surface area contributed by atoms with Gasteiger partial charge in [-0.2, -0.15) is 0 Å². The van der Waals surface area contributed by atoms with Crippen LogP contribution in [-0.4, -0.2) is 35.9 Å². The van der Waals surface area contributed by atoms with Crippen LogP contribution in [0.4, 0.5) is 0 Å². The maximum atomic E-state index is 12.5. The molecule has 146 valence electrons. The molecule has 2 aliphatic rings. The third kappa shape index (κ3) is 3.55. The first-order chi connectivity index (χ1) is 13.9. The van der Waals surface area contributed by atoms with E-state index in [2.05, 4.69) is 10.6 Å². The number of carbonyl (C=O) groups is 3. The van der Waals surface area contributed by atoms with E-state index in [0.717, 1.165) is 11.3 Å². The second-order valence-corrected chi connectivity index (χ2v) is 6.79. The zero-order valence-corrected chi connectivity index (χ0v) is 15.6. The summed E-state index contributed by atoms with van der Waals surface area (Å²) in [6.45, 7) is 2.90. The van der Waals surface area contributed by atoms with E-state index in [0.29, 0.717) is 35.9 Å². The number of nitrogens with one attached hydrogen (secondary N) is 2. The normalized spacial score (nSPS) is 17.9. The third-order valence-electron chi connectivity index (χ3n) is 4.85. The van der Waals surface area contributed by atoms with Crippen LogP contribution in [0, 0.1) is 6.92 Å². The van der Waals surface area contributed by atoms with Gasteiger partial charge in [0.2, 0.25) is 0 Å². The minimum absolute atomic E-state index is 0.157. The molecule has 2 heterocycles. The van der Waals surface area contributed by atoms with Crippen molar-refractivity contribution in [2.75, 3.05) is 13.2 Å². The van der Waals surface area contributed by atoms with E-state index >= 15 is 0 Å². The van der Waals surface area contributed by atoms with Crippen LogP contribution in [0.1, 0.15) is 21.7 Å². The summed E-state index contributed by atoms with van der Waals surface area (Å²) in [5.74, 6) is -0.655. The standard InChI is InChI=1S/C22H18N2O5/c1-12-2-3-13(22(27)28)8-15(12)19-6-7-20(29-19)21(17-10-23-11-24-17)16-9-14(25)4-5-18(16)26/h2-9,23-24H,10-11H2,1H3,(H,27,28). The molecule has 1 aliphatic heterocycles. The van der Waals surface area contributed by atoms with E-state index in [9.17, 15) is 19.5 Å².